The summed E-state index contributed by atoms with van der Waals surface area (Å²) in [6, 6.07) is 5.42. The molecule has 0 spiro atoms. The predicted octanol–water partition coefficient (Wildman–Crippen LogP) is 3.57. The number of piperidine rings is 1. The van der Waals surface area contributed by atoms with E-state index in [0.717, 1.165) is 12.8 Å². The summed E-state index contributed by atoms with van der Waals surface area (Å²) >= 11 is 0. The van der Waals surface area contributed by atoms with Crippen molar-refractivity contribution in [2.45, 2.75) is 32.6 Å². The highest BCUT2D eigenvalue weighted by Gasteiger charge is 2.25. The number of aromatic nitrogens is 3. The maximum atomic E-state index is 12.2. The fraction of sp³-hybridized carbons (Fsp3) is 0.500. The molecule has 0 aromatic carbocycles. The van der Waals surface area contributed by atoms with E-state index in [1.54, 1.807) is 17.0 Å². The average molecular weight is 439 g/mol. The maximum Gasteiger partial charge on any atom is 0.409 e. The van der Waals surface area contributed by atoms with Gasteiger partial charge in [0.1, 0.15) is 11.7 Å². The number of carbonyl (C=O) groups is 1. The molecule has 0 aliphatic carbocycles. The van der Waals surface area contributed by atoms with Gasteiger partial charge in [-0.15, -0.1) is 0 Å². The third kappa shape index (κ3) is 5.06. The number of ether oxygens (including phenoxy) is 2. The Hall–Kier alpha value is -3.45. The van der Waals surface area contributed by atoms with E-state index in [0.29, 0.717) is 74.2 Å². The largest absolute Gasteiger partial charge is 0.451 e. The first-order valence-corrected chi connectivity index (χ1v) is 10.8. The Kier molecular flexibility index (Phi) is 6.97. The van der Waals surface area contributed by atoms with E-state index in [4.69, 9.17) is 18.4 Å². The molecule has 0 radical (unpaired) electrons. The molecule has 0 bridgehead atoms. The molecule has 1 aliphatic rings. The van der Waals surface area contributed by atoms with Gasteiger partial charge in [-0.05, 0) is 31.7 Å². The summed E-state index contributed by atoms with van der Waals surface area (Å²) in [4.78, 5) is 22.4. The number of fused-ring (bicyclic) bond motifs is 1. The number of pyridine rings is 1. The molecule has 0 unspecified atom stereocenters. The van der Waals surface area contributed by atoms with E-state index in [1.807, 2.05) is 13.0 Å². The van der Waals surface area contributed by atoms with Gasteiger partial charge in [0.15, 0.2) is 17.3 Å². The van der Waals surface area contributed by atoms with Crippen LogP contribution in [-0.4, -0.2) is 59.0 Å². The third-order valence-corrected chi connectivity index (χ3v) is 5.44. The molecule has 0 atom stereocenters. The van der Waals surface area contributed by atoms with Crippen molar-refractivity contribution in [3.63, 3.8) is 0 Å². The van der Waals surface area contributed by atoms with Crippen molar-refractivity contribution in [1.29, 1.82) is 5.26 Å². The molecule has 0 saturated carbocycles. The Morgan fingerprint density at radius 3 is 2.97 bits per heavy atom. The van der Waals surface area contributed by atoms with Crippen LogP contribution in [-0.2, 0) is 15.9 Å². The monoisotopic (exact) mass is 439 g/mol. The Balaban J connectivity index is 1.28. The number of furan rings is 1. The lowest BCUT2D eigenvalue weighted by Gasteiger charge is -2.30. The molecule has 32 heavy (non-hydrogen) atoms. The van der Waals surface area contributed by atoms with Crippen molar-refractivity contribution < 1.29 is 23.2 Å². The third-order valence-electron chi connectivity index (χ3n) is 5.44. The topological polar surface area (TPSA) is 128 Å². The highest BCUT2D eigenvalue weighted by atomic mass is 16.6. The minimum absolute atomic E-state index is 0.266. The zero-order chi connectivity index (χ0) is 22.3. The van der Waals surface area contributed by atoms with Crippen molar-refractivity contribution in [2.75, 3.05) is 32.9 Å². The van der Waals surface area contributed by atoms with Crippen molar-refractivity contribution in [3.05, 3.63) is 29.8 Å². The molecule has 0 N–H and O–H groups in total. The summed E-state index contributed by atoms with van der Waals surface area (Å²) in [5.41, 5.74) is 0.834. The predicted molar refractivity (Wildman–Crippen MR) is 112 cm³/mol. The van der Waals surface area contributed by atoms with Crippen molar-refractivity contribution >= 4 is 17.1 Å². The van der Waals surface area contributed by atoms with Gasteiger partial charge in [0.25, 0.3) is 5.89 Å². The number of hydrogen-bond donors (Lipinski definition) is 0. The molecule has 10 nitrogen and oxygen atoms in total. The Morgan fingerprint density at radius 2 is 2.19 bits per heavy atom. The second-order valence-corrected chi connectivity index (χ2v) is 7.61. The van der Waals surface area contributed by atoms with Crippen LogP contribution in [0.25, 0.3) is 22.6 Å². The number of rotatable bonds is 8. The number of nitrogens with zero attached hydrogens (tertiary/aromatic N) is 5. The fourth-order valence-corrected chi connectivity index (χ4v) is 3.73. The van der Waals surface area contributed by atoms with Gasteiger partial charge >= 0.3 is 6.09 Å². The second kappa shape index (κ2) is 10.2. The number of carbonyl (C=O) groups excluding carboxylic acids is 1. The Labute approximate surface area is 185 Å². The zero-order valence-electron chi connectivity index (χ0n) is 18.0. The van der Waals surface area contributed by atoms with Gasteiger partial charge in [-0.1, -0.05) is 5.16 Å². The van der Waals surface area contributed by atoms with Crippen LogP contribution >= 0.6 is 0 Å². The quantitative estimate of drug-likeness (QED) is 0.484. The molecule has 1 saturated heterocycles. The van der Waals surface area contributed by atoms with E-state index in [1.165, 1.54) is 6.20 Å². The molecular formula is C22H25N5O5. The van der Waals surface area contributed by atoms with Gasteiger partial charge in [0, 0.05) is 51.4 Å². The minimum atomic E-state index is -0.266. The zero-order valence-corrected chi connectivity index (χ0v) is 18.0. The van der Waals surface area contributed by atoms with Crippen molar-refractivity contribution in [1.82, 2.24) is 20.0 Å². The molecule has 4 heterocycles. The van der Waals surface area contributed by atoms with Crippen LogP contribution < -0.4 is 0 Å². The lowest BCUT2D eigenvalue weighted by Crippen LogP contribution is -2.39. The lowest BCUT2D eigenvalue weighted by molar-refractivity contribution is 0.0735. The van der Waals surface area contributed by atoms with Gasteiger partial charge in [0.05, 0.1) is 12.0 Å². The van der Waals surface area contributed by atoms with E-state index in [9.17, 15) is 10.1 Å². The Morgan fingerprint density at radius 1 is 1.34 bits per heavy atom. The maximum absolute atomic E-state index is 12.2. The molecule has 1 fully saturated rings. The van der Waals surface area contributed by atoms with Crippen LogP contribution in [0.5, 0.6) is 0 Å². The summed E-state index contributed by atoms with van der Waals surface area (Å²) in [6.45, 7) is 4.87. The van der Waals surface area contributed by atoms with Gasteiger partial charge in [-0.2, -0.15) is 10.2 Å². The van der Waals surface area contributed by atoms with Crippen LogP contribution in [0.1, 0.15) is 37.7 Å². The molecule has 1 aliphatic heterocycles. The number of nitriles is 1. The smallest absolute Gasteiger partial charge is 0.409 e. The van der Waals surface area contributed by atoms with Gasteiger partial charge in [-0.25, -0.2) is 9.78 Å². The first-order chi connectivity index (χ1) is 15.7. The van der Waals surface area contributed by atoms with Gasteiger partial charge < -0.3 is 23.3 Å². The molecular weight excluding hydrogens is 414 g/mol. The van der Waals surface area contributed by atoms with E-state index >= 15 is 0 Å². The van der Waals surface area contributed by atoms with Crippen LogP contribution in [0.3, 0.4) is 0 Å². The summed E-state index contributed by atoms with van der Waals surface area (Å²) in [5, 5.41) is 13.9. The number of likely N-dealkylation sites (tertiary alicyclic amines) is 1. The van der Waals surface area contributed by atoms with Gasteiger partial charge in [0.2, 0.25) is 0 Å². The second-order valence-electron chi connectivity index (χ2n) is 7.61. The average Bonchev–Trinajstić information content (AvgIpc) is 3.46. The first kappa shape index (κ1) is 21.8. The summed E-state index contributed by atoms with van der Waals surface area (Å²) in [7, 11) is 0. The lowest BCUT2D eigenvalue weighted by atomic mass is 9.93. The van der Waals surface area contributed by atoms with Crippen molar-refractivity contribution in [2.24, 2.45) is 5.92 Å². The normalized spacial score (nSPS) is 14.6. The molecule has 3 aromatic heterocycles. The molecule has 4 rings (SSSR count). The van der Waals surface area contributed by atoms with Crippen LogP contribution in [0.4, 0.5) is 4.79 Å². The fourth-order valence-electron chi connectivity index (χ4n) is 3.73. The molecule has 10 heteroatoms. The van der Waals surface area contributed by atoms with Crippen LogP contribution in [0.2, 0.25) is 0 Å². The highest BCUT2D eigenvalue weighted by Crippen LogP contribution is 2.29. The summed E-state index contributed by atoms with van der Waals surface area (Å²) in [5.74, 6) is 1.63. The number of amides is 1. The SMILES string of the molecule is CCOCCCOC(=O)N1CCC(Cc2noc(-c3cc4c(C#N)nccc4o3)n2)CC1. The first-order valence-electron chi connectivity index (χ1n) is 10.8. The summed E-state index contributed by atoms with van der Waals surface area (Å²) in [6.07, 6.45) is 4.32. The van der Waals surface area contributed by atoms with E-state index in [2.05, 4.69) is 15.1 Å². The standard InChI is InChI=1S/C22H25N5O5/c1-2-29-10-3-11-30-22(28)27-8-5-15(6-9-27)12-20-25-21(32-26-20)19-13-16-17(14-23)24-7-4-18(16)31-19/h4,7,13,15H,2-3,5-6,8-12H2,1H3. The van der Waals surface area contributed by atoms with Gasteiger partial charge in [-0.3, -0.25) is 0 Å². The van der Waals surface area contributed by atoms with E-state index in [-0.39, 0.29) is 17.7 Å². The highest BCUT2D eigenvalue weighted by molar-refractivity contribution is 5.85. The molecule has 1 amide bonds. The Bertz CT molecular complexity index is 1090. The molecule has 3 aromatic rings. The van der Waals surface area contributed by atoms with E-state index < -0.39 is 0 Å². The van der Waals surface area contributed by atoms with Crippen LogP contribution in [0.15, 0.2) is 27.3 Å². The van der Waals surface area contributed by atoms with Crippen LogP contribution in [0, 0.1) is 17.2 Å². The number of hydrogen-bond acceptors (Lipinski definition) is 9. The molecule has 168 valence electrons. The summed E-state index contributed by atoms with van der Waals surface area (Å²) < 4.78 is 21.7. The van der Waals surface area contributed by atoms with Crippen molar-refractivity contribution in [3.8, 4) is 17.7 Å². The minimum Gasteiger partial charge on any atom is -0.451 e.